The molecule has 0 amide bonds. The van der Waals surface area contributed by atoms with Crippen LogP contribution in [0.5, 0.6) is 0 Å². The molecule has 1 aliphatic rings. The number of hydrogen-bond acceptors (Lipinski definition) is 5. The predicted octanol–water partition coefficient (Wildman–Crippen LogP) is 4.07. The number of rotatable bonds is 5. The molecule has 0 bridgehead atoms. The zero-order chi connectivity index (χ0) is 19.5. The molecule has 0 saturated heterocycles. The molecule has 0 saturated carbocycles. The molecule has 0 fully saturated rings. The number of esters is 1. The van der Waals surface area contributed by atoms with Gasteiger partial charge in [0, 0.05) is 30.4 Å². The Kier molecular flexibility index (Phi) is 6.12. The number of hydrogen-bond donors (Lipinski definition) is 0. The van der Waals surface area contributed by atoms with Gasteiger partial charge in [-0.05, 0) is 50.1 Å². The second kappa shape index (κ2) is 7.94. The monoisotopic (exact) mass is 374 g/mol. The van der Waals surface area contributed by atoms with Crippen molar-refractivity contribution < 1.29 is 14.3 Å². The summed E-state index contributed by atoms with van der Waals surface area (Å²) in [5, 5.41) is 9.76. The Morgan fingerprint density at radius 3 is 2.69 bits per heavy atom. The Labute approximate surface area is 159 Å². The van der Waals surface area contributed by atoms with Gasteiger partial charge in [-0.1, -0.05) is 17.7 Å². The van der Waals surface area contributed by atoms with E-state index in [0.717, 1.165) is 16.8 Å². The molecule has 26 heavy (non-hydrogen) atoms. The van der Waals surface area contributed by atoms with Crippen LogP contribution in [-0.2, 0) is 14.3 Å². The first-order valence-corrected chi connectivity index (χ1v) is 8.64. The normalized spacial score (nSPS) is 15.8. The van der Waals surface area contributed by atoms with Crippen LogP contribution in [0.1, 0.15) is 31.9 Å². The van der Waals surface area contributed by atoms with Crippen LogP contribution in [-0.4, -0.2) is 38.9 Å². The first kappa shape index (κ1) is 20.0. The van der Waals surface area contributed by atoms with E-state index in [1.807, 2.05) is 32.2 Å². The van der Waals surface area contributed by atoms with Crippen molar-refractivity contribution in [3.8, 4) is 6.07 Å². The van der Waals surface area contributed by atoms with E-state index in [1.54, 1.807) is 0 Å². The first-order valence-electron chi connectivity index (χ1n) is 8.26. The molecular weight excluding hydrogens is 352 g/mol. The summed E-state index contributed by atoms with van der Waals surface area (Å²) in [4.78, 5) is 14.2. The van der Waals surface area contributed by atoms with Crippen molar-refractivity contribution in [3.05, 3.63) is 39.9 Å². The van der Waals surface area contributed by atoms with Crippen LogP contribution in [0, 0.1) is 11.3 Å². The zero-order valence-corrected chi connectivity index (χ0v) is 16.5. The summed E-state index contributed by atoms with van der Waals surface area (Å²) in [6, 6.07) is 5.64. The second-order valence-corrected chi connectivity index (χ2v) is 7.14. The minimum atomic E-state index is -0.691. The smallest absolute Gasteiger partial charge is 0.348 e. The highest BCUT2D eigenvalue weighted by atomic mass is 35.5. The van der Waals surface area contributed by atoms with Crippen molar-refractivity contribution >= 4 is 34.9 Å². The van der Waals surface area contributed by atoms with Crippen LogP contribution in [0.25, 0.3) is 11.6 Å². The summed E-state index contributed by atoms with van der Waals surface area (Å²) in [6.45, 7) is 6.67. The van der Waals surface area contributed by atoms with E-state index in [9.17, 15) is 10.1 Å². The van der Waals surface area contributed by atoms with Crippen molar-refractivity contribution in [2.75, 3.05) is 32.3 Å². The SMILES string of the molecule is COCCOC(=O)/C(C#N)=C\c1cc2c(cc1Cl)N(C)C(C)(C)C=C2C. The van der Waals surface area contributed by atoms with Gasteiger partial charge in [0.25, 0.3) is 0 Å². The molecule has 6 heteroatoms. The summed E-state index contributed by atoms with van der Waals surface area (Å²) in [7, 11) is 3.53. The van der Waals surface area contributed by atoms with Crippen LogP contribution in [0.2, 0.25) is 5.02 Å². The Hall–Kier alpha value is -2.29. The number of carbonyl (C=O) groups excluding carboxylic acids is 1. The maximum atomic E-state index is 12.0. The highest BCUT2D eigenvalue weighted by Crippen LogP contribution is 2.40. The fourth-order valence-electron chi connectivity index (χ4n) is 2.89. The number of anilines is 1. The highest BCUT2D eigenvalue weighted by Gasteiger charge is 2.29. The number of nitriles is 1. The van der Waals surface area contributed by atoms with Gasteiger partial charge in [0.2, 0.25) is 0 Å². The number of fused-ring (bicyclic) bond motifs is 1. The van der Waals surface area contributed by atoms with Gasteiger partial charge >= 0.3 is 5.97 Å². The zero-order valence-electron chi connectivity index (χ0n) is 15.7. The number of ether oxygens (including phenoxy) is 2. The van der Waals surface area contributed by atoms with Gasteiger partial charge in [0.05, 0.1) is 12.1 Å². The van der Waals surface area contributed by atoms with Crippen LogP contribution in [0.4, 0.5) is 5.69 Å². The number of nitrogens with zero attached hydrogens (tertiary/aromatic N) is 2. The summed E-state index contributed by atoms with van der Waals surface area (Å²) in [5.41, 5.74) is 3.53. The quantitative estimate of drug-likeness (QED) is 0.336. The van der Waals surface area contributed by atoms with E-state index in [-0.39, 0.29) is 24.3 Å². The molecule has 5 nitrogen and oxygen atoms in total. The highest BCUT2D eigenvalue weighted by molar-refractivity contribution is 6.32. The number of carbonyl (C=O) groups is 1. The number of methoxy groups -OCH3 is 1. The van der Waals surface area contributed by atoms with Gasteiger partial charge in [0.1, 0.15) is 18.2 Å². The fourth-order valence-corrected chi connectivity index (χ4v) is 3.10. The Morgan fingerprint density at radius 1 is 1.38 bits per heavy atom. The average molecular weight is 375 g/mol. The summed E-state index contributed by atoms with van der Waals surface area (Å²) in [5.74, 6) is -0.691. The molecule has 2 rings (SSSR count). The standard InChI is InChI=1S/C20H23ClN2O3/c1-13-11-20(2,3)23(4)18-10-17(21)14(9-16(13)18)8-15(12-22)19(24)26-7-6-25-5/h8-11H,6-7H2,1-5H3/b15-8-. The van der Waals surface area contributed by atoms with Gasteiger partial charge in [-0.25, -0.2) is 4.79 Å². The molecule has 0 radical (unpaired) electrons. The lowest BCUT2D eigenvalue weighted by Gasteiger charge is -2.40. The fraction of sp³-hybridized carbons (Fsp3) is 0.400. The van der Waals surface area contributed by atoms with Crippen molar-refractivity contribution in [1.82, 2.24) is 0 Å². The summed E-state index contributed by atoms with van der Waals surface area (Å²) < 4.78 is 9.84. The maximum absolute atomic E-state index is 12.0. The van der Waals surface area contributed by atoms with E-state index < -0.39 is 5.97 Å². The molecule has 0 unspecified atom stereocenters. The van der Waals surface area contributed by atoms with E-state index in [1.165, 1.54) is 13.2 Å². The van der Waals surface area contributed by atoms with Gasteiger partial charge in [-0.15, -0.1) is 0 Å². The van der Waals surface area contributed by atoms with Crippen molar-refractivity contribution in [1.29, 1.82) is 5.26 Å². The van der Waals surface area contributed by atoms with Gasteiger partial charge in [0.15, 0.2) is 0 Å². The van der Waals surface area contributed by atoms with Crippen LogP contribution >= 0.6 is 11.6 Å². The average Bonchev–Trinajstić information content (AvgIpc) is 2.58. The van der Waals surface area contributed by atoms with Crippen molar-refractivity contribution in [3.63, 3.8) is 0 Å². The number of likely N-dealkylation sites (N-methyl/N-ethyl adjacent to an activating group) is 1. The Bertz CT molecular complexity index is 819. The maximum Gasteiger partial charge on any atom is 0.348 e. The van der Waals surface area contributed by atoms with Crippen LogP contribution in [0.15, 0.2) is 23.8 Å². The van der Waals surface area contributed by atoms with Gasteiger partial charge < -0.3 is 14.4 Å². The lowest BCUT2D eigenvalue weighted by Crippen LogP contribution is -2.42. The van der Waals surface area contributed by atoms with Gasteiger partial charge in [-0.2, -0.15) is 5.26 Å². The third-order valence-electron chi connectivity index (χ3n) is 4.50. The lowest BCUT2D eigenvalue weighted by molar-refractivity contribution is -0.139. The first-order chi connectivity index (χ1) is 12.2. The van der Waals surface area contributed by atoms with Crippen LogP contribution < -0.4 is 4.90 Å². The summed E-state index contributed by atoms with van der Waals surface area (Å²) in [6.07, 6.45) is 3.64. The molecule has 138 valence electrons. The van der Waals surface area contributed by atoms with E-state index in [2.05, 4.69) is 24.8 Å². The Balaban J connectivity index is 2.42. The molecule has 0 N–H and O–H groups in total. The van der Waals surface area contributed by atoms with Gasteiger partial charge in [-0.3, -0.25) is 0 Å². The van der Waals surface area contributed by atoms with Crippen molar-refractivity contribution in [2.24, 2.45) is 0 Å². The molecule has 0 atom stereocenters. The molecule has 1 aliphatic heterocycles. The molecule has 1 aromatic carbocycles. The third kappa shape index (κ3) is 4.09. The topological polar surface area (TPSA) is 62.6 Å². The molecule has 0 aromatic heterocycles. The minimum Gasteiger partial charge on any atom is -0.459 e. The largest absolute Gasteiger partial charge is 0.459 e. The number of halogens is 1. The molecule has 1 heterocycles. The van der Waals surface area contributed by atoms with E-state index in [4.69, 9.17) is 21.1 Å². The predicted molar refractivity (Wildman–Crippen MR) is 104 cm³/mol. The summed E-state index contributed by atoms with van der Waals surface area (Å²) >= 11 is 6.43. The Morgan fingerprint density at radius 2 is 2.08 bits per heavy atom. The molecular formula is C20H23ClN2O3. The van der Waals surface area contributed by atoms with E-state index >= 15 is 0 Å². The number of benzene rings is 1. The molecule has 0 spiro atoms. The number of allylic oxidation sites excluding steroid dienone is 1. The lowest BCUT2D eigenvalue weighted by atomic mass is 9.88. The van der Waals surface area contributed by atoms with Crippen LogP contribution in [0.3, 0.4) is 0 Å². The molecule has 0 aliphatic carbocycles. The third-order valence-corrected chi connectivity index (χ3v) is 4.82. The van der Waals surface area contributed by atoms with Crippen molar-refractivity contribution in [2.45, 2.75) is 26.3 Å². The minimum absolute atomic E-state index is 0.0913. The molecule has 1 aromatic rings. The van der Waals surface area contributed by atoms with E-state index in [0.29, 0.717) is 10.6 Å². The second-order valence-electron chi connectivity index (χ2n) is 6.73.